The molecule has 3 heterocycles. The molecule has 0 spiro atoms. The van der Waals surface area contributed by atoms with Gasteiger partial charge in [0.1, 0.15) is 19.0 Å². The molecule has 0 amide bonds. The fourth-order valence-electron chi connectivity index (χ4n) is 3.78. The van der Waals surface area contributed by atoms with E-state index < -0.39 is 10.0 Å². The van der Waals surface area contributed by atoms with Crippen molar-refractivity contribution < 1.29 is 26.7 Å². The van der Waals surface area contributed by atoms with Gasteiger partial charge >= 0.3 is 0 Å². The molecule has 0 N–H and O–H groups in total. The average Bonchev–Trinajstić information content (AvgIpc) is 3.29. The van der Waals surface area contributed by atoms with Gasteiger partial charge in [0, 0.05) is 30.6 Å². The Morgan fingerprint density at radius 2 is 1.65 bits per heavy atom. The Hall–Kier alpha value is -2.98. The molecule has 10 heteroatoms. The number of hydrogen-bond acceptors (Lipinski definition) is 7. The molecule has 8 nitrogen and oxygen atoms in total. The topological polar surface area (TPSA) is 94.8 Å². The van der Waals surface area contributed by atoms with Crippen molar-refractivity contribution in [2.45, 2.75) is 23.7 Å². The molecule has 0 radical (unpaired) electrons. The van der Waals surface area contributed by atoms with Crippen LogP contribution >= 0.6 is 0 Å². The van der Waals surface area contributed by atoms with Crippen molar-refractivity contribution in [3.05, 3.63) is 54.2 Å². The molecule has 0 unspecified atom stereocenters. The predicted molar refractivity (Wildman–Crippen MR) is 108 cm³/mol. The zero-order chi connectivity index (χ0) is 21.4. The second kappa shape index (κ2) is 7.93. The van der Waals surface area contributed by atoms with Gasteiger partial charge in [-0.2, -0.15) is 4.31 Å². The van der Waals surface area contributed by atoms with Gasteiger partial charge in [0.15, 0.2) is 11.5 Å². The van der Waals surface area contributed by atoms with Crippen molar-refractivity contribution in [2.75, 3.05) is 26.3 Å². The predicted octanol–water partition coefficient (Wildman–Crippen LogP) is 3.22. The van der Waals surface area contributed by atoms with Gasteiger partial charge in [-0.1, -0.05) is 0 Å². The van der Waals surface area contributed by atoms with Crippen LogP contribution in [0.15, 0.2) is 51.8 Å². The van der Waals surface area contributed by atoms with E-state index in [9.17, 15) is 12.8 Å². The number of piperidine rings is 1. The second-order valence-electron chi connectivity index (χ2n) is 7.44. The van der Waals surface area contributed by atoms with Gasteiger partial charge in [0.05, 0.1) is 4.90 Å². The Labute approximate surface area is 178 Å². The summed E-state index contributed by atoms with van der Waals surface area (Å²) in [4.78, 5) is 0.187. The molecule has 3 aromatic rings. The number of sulfonamides is 1. The average molecular weight is 445 g/mol. The van der Waals surface area contributed by atoms with Gasteiger partial charge in [-0.15, -0.1) is 10.2 Å². The number of halogens is 1. The quantitative estimate of drug-likeness (QED) is 0.609. The third-order valence-corrected chi connectivity index (χ3v) is 7.38. The van der Waals surface area contributed by atoms with E-state index in [2.05, 4.69) is 10.2 Å². The van der Waals surface area contributed by atoms with E-state index in [1.54, 1.807) is 24.3 Å². The monoisotopic (exact) mass is 445 g/mol. The lowest BCUT2D eigenvalue weighted by atomic mass is 9.98. The lowest BCUT2D eigenvalue weighted by Crippen LogP contribution is -2.38. The summed E-state index contributed by atoms with van der Waals surface area (Å²) in [7, 11) is -3.65. The second-order valence-corrected chi connectivity index (χ2v) is 9.37. The van der Waals surface area contributed by atoms with Crippen LogP contribution in [0.25, 0.3) is 11.5 Å². The maximum atomic E-state index is 13.1. The van der Waals surface area contributed by atoms with Crippen LogP contribution in [-0.4, -0.2) is 49.2 Å². The number of fused-ring (bicyclic) bond motifs is 1. The molecule has 31 heavy (non-hydrogen) atoms. The molecule has 0 bridgehead atoms. The molecular weight excluding hydrogens is 425 g/mol. The van der Waals surface area contributed by atoms with Crippen molar-refractivity contribution in [1.82, 2.24) is 14.5 Å². The Bertz CT molecular complexity index is 1190. The number of benzene rings is 2. The third-order valence-electron chi connectivity index (χ3n) is 5.49. The molecule has 0 aliphatic carbocycles. The van der Waals surface area contributed by atoms with E-state index in [4.69, 9.17) is 13.9 Å². The van der Waals surface area contributed by atoms with Gasteiger partial charge in [0.2, 0.25) is 21.8 Å². The molecule has 1 saturated heterocycles. The van der Waals surface area contributed by atoms with Gasteiger partial charge < -0.3 is 13.9 Å². The van der Waals surface area contributed by atoms with Crippen LogP contribution in [0.4, 0.5) is 4.39 Å². The summed E-state index contributed by atoms with van der Waals surface area (Å²) in [5.74, 6) is 1.42. The number of nitrogens with zero attached hydrogens (tertiary/aromatic N) is 3. The third kappa shape index (κ3) is 3.88. The zero-order valence-electron chi connectivity index (χ0n) is 16.5. The minimum absolute atomic E-state index is 0.0339. The number of ether oxygens (including phenoxy) is 2. The minimum atomic E-state index is -3.65. The Morgan fingerprint density at radius 3 is 2.39 bits per heavy atom. The maximum Gasteiger partial charge on any atom is 0.247 e. The highest BCUT2D eigenvalue weighted by Crippen LogP contribution is 2.35. The first-order valence-electron chi connectivity index (χ1n) is 10.00. The summed E-state index contributed by atoms with van der Waals surface area (Å²) in [6, 6.07) is 10.5. The van der Waals surface area contributed by atoms with Crippen molar-refractivity contribution in [2.24, 2.45) is 0 Å². The van der Waals surface area contributed by atoms with Gasteiger partial charge in [-0.3, -0.25) is 0 Å². The van der Waals surface area contributed by atoms with E-state index >= 15 is 0 Å². The molecule has 1 fully saturated rings. The molecule has 2 aliphatic rings. The number of aromatic nitrogens is 2. The fourth-order valence-corrected chi connectivity index (χ4v) is 5.27. The van der Waals surface area contributed by atoms with Crippen molar-refractivity contribution in [3.8, 4) is 23.0 Å². The van der Waals surface area contributed by atoms with Crippen molar-refractivity contribution in [1.29, 1.82) is 0 Å². The first kappa shape index (κ1) is 20.0. The first-order chi connectivity index (χ1) is 15.0. The molecule has 2 aliphatic heterocycles. The number of rotatable bonds is 4. The lowest BCUT2D eigenvalue weighted by molar-refractivity contribution is 0.171. The standard InChI is InChI=1S/C21H20FN3O5S/c22-16-3-1-14(2-4-16)20-23-24-21(30-20)15-7-9-25(10-8-15)31(26,27)17-5-6-18-19(13-17)29-12-11-28-18/h1-6,13,15H,7-12H2. The van der Waals surface area contributed by atoms with Crippen LogP contribution in [0.5, 0.6) is 11.5 Å². The van der Waals surface area contributed by atoms with Crippen molar-refractivity contribution in [3.63, 3.8) is 0 Å². The fraction of sp³-hybridized carbons (Fsp3) is 0.333. The molecule has 1 aromatic heterocycles. The van der Waals surface area contributed by atoms with Gasteiger partial charge in [-0.05, 0) is 49.2 Å². The summed E-state index contributed by atoms with van der Waals surface area (Å²) in [5.41, 5.74) is 0.638. The number of hydrogen-bond donors (Lipinski definition) is 0. The zero-order valence-corrected chi connectivity index (χ0v) is 17.3. The van der Waals surface area contributed by atoms with Gasteiger partial charge in [0.25, 0.3) is 0 Å². The largest absolute Gasteiger partial charge is 0.486 e. The summed E-state index contributed by atoms with van der Waals surface area (Å²) in [6.07, 6.45) is 1.13. The van der Waals surface area contributed by atoms with Crippen LogP contribution in [0.1, 0.15) is 24.7 Å². The van der Waals surface area contributed by atoms with E-state index in [0.29, 0.717) is 68.0 Å². The normalized spacial score (nSPS) is 17.6. The lowest BCUT2D eigenvalue weighted by Gasteiger charge is -2.30. The Balaban J connectivity index is 1.27. The molecule has 5 rings (SSSR count). The van der Waals surface area contributed by atoms with E-state index in [0.717, 1.165) is 0 Å². The smallest absolute Gasteiger partial charge is 0.247 e. The molecule has 2 aromatic carbocycles. The highest BCUT2D eigenvalue weighted by molar-refractivity contribution is 7.89. The molecular formula is C21H20FN3O5S. The van der Waals surface area contributed by atoms with Crippen LogP contribution in [0, 0.1) is 5.82 Å². The Kier molecular flexibility index (Phi) is 5.11. The summed E-state index contributed by atoms with van der Waals surface area (Å²) in [5, 5.41) is 8.17. The van der Waals surface area contributed by atoms with E-state index in [1.165, 1.54) is 22.5 Å². The molecule has 0 atom stereocenters. The van der Waals surface area contributed by atoms with E-state index in [1.807, 2.05) is 0 Å². The summed E-state index contributed by atoms with van der Waals surface area (Å²) >= 11 is 0. The maximum absolute atomic E-state index is 13.1. The van der Waals surface area contributed by atoms with Crippen LogP contribution in [-0.2, 0) is 10.0 Å². The SMILES string of the molecule is O=S(=O)(c1ccc2c(c1)OCCO2)N1CCC(c2nnc(-c3ccc(F)cc3)o2)CC1. The minimum Gasteiger partial charge on any atom is -0.486 e. The first-order valence-corrected chi connectivity index (χ1v) is 11.4. The molecule has 162 valence electrons. The highest BCUT2D eigenvalue weighted by atomic mass is 32.2. The van der Waals surface area contributed by atoms with Crippen LogP contribution in [0.3, 0.4) is 0 Å². The molecule has 0 saturated carbocycles. The van der Waals surface area contributed by atoms with Crippen molar-refractivity contribution >= 4 is 10.0 Å². The van der Waals surface area contributed by atoms with Gasteiger partial charge in [-0.25, -0.2) is 12.8 Å². The highest BCUT2D eigenvalue weighted by Gasteiger charge is 2.33. The Morgan fingerprint density at radius 1 is 0.935 bits per heavy atom. The van der Waals surface area contributed by atoms with Crippen LogP contribution in [0.2, 0.25) is 0 Å². The van der Waals surface area contributed by atoms with E-state index in [-0.39, 0.29) is 16.6 Å². The van der Waals surface area contributed by atoms with Crippen LogP contribution < -0.4 is 9.47 Å². The summed E-state index contributed by atoms with van der Waals surface area (Å²) in [6.45, 7) is 1.53. The summed E-state index contributed by atoms with van der Waals surface area (Å²) < 4.78 is 57.5.